The molecule has 1 aromatic heterocycles. The van der Waals surface area contributed by atoms with E-state index in [0.29, 0.717) is 11.7 Å². The SMILES string of the molecule is O=C(CNc1ccc([N+](=O)[O-])cn1)N1CCC(Cc2ccccc2)CC1. The van der Waals surface area contributed by atoms with Crippen LogP contribution >= 0.6 is 0 Å². The maximum Gasteiger partial charge on any atom is 0.287 e. The molecule has 7 heteroatoms. The second kappa shape index (κ2) is 8.42. The number of aromatic nitrogens is 1. The number of hydrogen-bond donors (Lipinski definition) is 1. The molecule has 1 saturated heterocycles. The highest BCUT2D eigenvalue weighted by Gasteiger charge is 2.22. The molecule has 1 amide bonds. The lowest BCUT2D eigenvalue weighted by atomic mass is 9.90. The number of amides is 1. The third-order valence-corrected chi connectivity index (χ3v) is 4.71. The Labute approximate surface area is 152 Å². The number of pyridine rings is 1. The highest BCUT2D eigenvalue weighted by Crippen LogP contribution is 2.21. The third-order valence-electron chi connectivity index (χ3n) is 4.71. The monoisotopic (exact) mass is 354 g/mol. The van der Waals surface area contributed by atoms with Gasteiger partial charge in [-0.3, -0.25) is 14.9 Å². The molecule has 0 aliphatic carbocycles. The number of nitrogens with one attached hydrogen (secondary N) is 1. The zero-order chi connectivity index (χ0) is 18.4. The molecule has 1 aliphatic heterocycles. The van der Waals surface area contributed by atoms with E-state index in [9.17, 15) is 14.9 Å². The fourth-order valence-corrected chi connectivity index (χ4v) is 3.21. The Bertz CT molecular complexity index is 741. The quantitative estimate of drug-likeness (QED) is 0.636. The minimum absolute atomic E-state index is 0.0308. The maximum atomic E-state index is 12.3. The van der Waals surface area contributed by atoms with Crippen LogP contribution in [0.3, 0.4) is 0 Å². The topological polar surface area (TPSA) is 88.4 Å². The van der Waals surface area contributed by atoms with E-state index in [0.717, 1.165) is 32.4 Å². The molecule has 1 fully saturated rings. The second-order valence-corrected chi connectivity index (χ2v) is 6.53. The Morgan fingerprint density at radius 2 is 1.92 bits per heavy atom. The molecule has 1 N–H and O–H groups in total. The molecule has 0 saturated carbocycles. The van der Waals surface area contributed by atoms with Gasteiger partial charge in [-0.05, 0) is 36.8 Å². The molecular weight excluding hydrogens is 332 g/mol. The minimum Gasteiger partial charge on any atom is -0.361 e. The van der Waals surface area contributed by atoms with E-state index in [1.165, 1.54) is 23.9 Å². The van der Waals surface area contributed by atoms with Crippen LogP contribution in [0.25, 0.3) is 0 Å². The number of benzene rings is 1. The van der Waals surface area contributed by atoms with Crippen molar-refractivity contribution >= 4 is 17.4 Å². The molecule has 0 spiro atoms. The highest BCUT2D eigenvalue weighted by molar-refractivity contribution is 5.80. The number of nitro groups is 1. The van der Waals surface area contributed by atoms with Gasteiger partial charge in [0.2, 0.25) is 5.91 Å². The Morgan fingerprint density at radius 1 is 1.19 bits per heavy atom. The molecule has 1 aliphatic rings. The third kappa shape index (κ3) is 4.78. The molecule has 0 radical (unpaired) electrons. The number of piperidine rings is 1. The number of rotatable bonds is 6. The first-order valence-corrected chi connectivity index (χ1v) is 8.78. The molecule has 7 nitrogen and oxygen atoms in total. The maximum absolute atomic E-state index is 12.3. The van der Waals surface area contributed by atoms with Crippen LogP contribution in [-0.4, -0.2) is 40.3 Å². The van der Waals surface area contributed by atoms with Gasteiger partial charge in [0.15, 0.2) is 0 Å². The van der Waals surface area contributed by atoms with Gasteiger partial charge in [-0.2, -0.15) is 0 Å². The van der Waals surface area contributed by atoms with Crippen molar-refractivity contribution < 1.29 is 9.72 Å². The number of hydrogen-bond acceptors (Lipinski definition) is 5. The van der Waals surface area contributed by atoms with E-state index < -0.39 is 4.92 Å². The van der Waals surface area contributed by atoms with Crippen LogP contribution in [0, 0.1) is 16.0 Å². The van der Waals surface area contributed by atoms with Crippen LogP contribution in [0.5, 0.6) is 0 Å². The number of carbonyl (C=O) groups excluding carboxylic acids is 1. The predicted molar refractivity (Wildman–Crippen MR) is 98.8 cm³/mol. The smallest absolute Gasteiger partial charge is 0.287 e. The summed E-state index contributed by atoms with van der Waals surface area (Å²) in [5.74, 6) is 1.11. The lowest BCUT2D eigenvalue weighted by Crippen LogP contribution is -2.41. The van der Waals surface area contributed by atoms with Crippen LogP contribution < -0.4 is 5.32 Å². The van der Waals surface area contributed by atoms with Gasteiger partial charge in [-0.1, -0.05) is 30.3 Å². The molecule has 3 rings (SSSR count). The summed E-state index contributed by atoms with van der Waals surface area (Å²) in [5.41, 5.74) is 1.28. The summed E-state index contributed by atoms with van der Waals surface area (Å²) in [4.78, 5) is 28.3. The van der Waals surface area contributed by atoms with Crippen LogP contribution in [-0.2, 0) is 11.2 Å². The Morgan fingerprint density at radius 3 is 2.54 bits per heavy atom. The lowest BCUT2D eigenvalue weighted by molar-refractivity contribution is -0.385. The van der Waals surface area contributed by atoms with Crippen molar-refractivity contribution in [1.82, 2.24) is 9.88 Å². The van der Waals surface area contributed by atoms with E-state index in [1.54, 1.807) is 0 Å². The van der Waals surface area contributed by atoms with Gasteiger partial charge in [0.1, 0.15) is 12.0 Å². The Hall–Kier alpha value is -2.96. The molecule has 26 heavy (non-hydrogen) atoms. The average molecular weight is 354 g/mol. The largest absolute Gasteiger partial charge is 0.361 e. The van der Waals surface area contributed by atoms with Gasteiger partial charge >= 0.3 is 0 Å². The number of carbonyl (C=O) groups is 1. The zero-order valence-corrected chi connectivity index (χ0v) is 14.5. The summed E-state index contributed by atoms with van der Waals surface area (Å²) in [7, 11) is 0. The summed E-state index contributed by atoms with van der Waals surface area (Å²) >= 11 is 0. The fraction of sp³-hybridized carbons (Fsp3) is 0.368. The molecule has 0 unspecified atom stereocenters. The predicted octanol–water partition coefficient (Wildman–Crippen LogP) is 2.88. The van der Waals surface area contributed by atoms with Crippen molar-refractivity contribution in [2.24, 2.45) is 5.92 Å². The molecule has 2 heterocycles. The second-order valence-electron chi connectivity index (χ2n) is 6.53. The van der Waals surface area contributed by atoms with Crippen molar-refractivity contribution in [1.29, 1.82) is 0 Å². The first kappa shape index (κ1) is 17.8. The van der Waals surface area contributed by atoms with Gasteiger partial charge < -0.3 is 10.2 Å². The fourth-order valence-electron chi connectivity index (χ4n) is 3.21. The summed E-state index contributed by atoms with van der Waals surface area (Å²) in [6.07, 6.45) is 4.27. The number of anilines is 1. The minimum atomic E-state index is -0.498. The van der Waals surface area contributed by atoms with E-state index in [4.69, 9.17) is 0 Å². The number of nitrogens with zero attached hydrogens (tertiary/aromatic N) is 3. The van der Waals surface area contributed by atoms with Gasteiger partial charge in [-0.15, -0.1) is 0 Å². The van der Waals surface area contributed by atoms with Crippen molar-refractivity contribution in [2.45, 2.75) is 19.3 Å². The van der Waals surface area contributed by atoms with E-state index >= 15 is 0 Å². The molecular formula is C19H22N4O3. The molecule has 2 aromatic rings. The Kier molecular flexibility index (Phi) is 5.78. The van der Waals surface area contributed by atoms with E-state index in [-0.39, 0.29) is 18.1 Å². The van der Waals surface area contributed by atoms with Gasteiger partial charge in [0.25, 0.3) is 5.69 Å². The van der Waals surface area contributed by atoms with Gasteiger partial charge in [0.05, 0.1) is 11.5 Å². The van der Waals surface area contributed by atoms with Crippen molar-refractivity contribution in [3.05, 3.63) is 64.3 Å². The molecule has 136 valence electrons. The van der Waals surface area contributed by atoms with Gasteiger partial charge in [0, 0.05) is 19.2 Å². The first-order valence-electron chi connectivity index (χ1n) is 8.78. The summed E-state index contributed by atoms with van der Waals surface area (Å²) in [6, 6.07) is 13.3. The van der Waals surface area contributed by atoms with Crippen molar-refractivity contribution in [2.75, 3.05) is 25.0 Å². The van der Waals surface area contributed by atoms with E-state index in [2.05, 4.69) is 34.6 Å². The van der Waals surface area contributed by atoms with Crippen molar-refractivity contribution in [3.8, 4) is 0 Å². The van der Waals surface area contributed by atoms with Crippen LogP contribution in [0.4, 0.5) is 11.5 Å². The summed E-state index contributed by atoms with van der Waals surface area (Å²) in [6.45, 7) is 1.69. The number of likely N-dealkylation sites (tertiary alicyclic amines) is 1. The summed E-state index contributed by atoms with van der Waals surface area (Å²) < 4.78 is 0. The van der Waals surface area contributed by atoms with Crippen molar-refractivity contribution in [3.63, 3.8) is 0 Å². The first-order chi connectivity index (χ1) is 12.6. The average Bonchev–Trinajstić information content (AvgIpc) is 2.68. The molecule has 0 bridgehead atoms. The van der Waals surface area contributed by atoms with E-state index in [1.807, 2.05) is 11.0 Å². The van der Waals surface area contributed by atoms with Crippen LogP contribution in [0.1, 0.15) is 18.4 Å². The normalized spacial score (nSPS) is 14.8. The lowest BCUT2D eigenvalue weighted by Gasteiger charge is -2.32. The van der Waals surface area contributed by atoms with Crippen LogP contribution in [0.2, 0.25) is 0 Å². The standard InChI is InChI=1S/C19H22N4O3/c24-19(14-21-18-7-6-17(13-20-18)23(25)26)22-10-8-16(9-11-22)12-15-4-2-1-3-5-15/h1-7,13,16H,8-12,14H2,(H,20,21). The zero-order valence-electron chi connectivity index (χ0n) is 14.5. The summed E-state index contributed by atoms with van der Waals surface area (Å²) in [5, 5.41) is 13.5. The Balaban J connectivity index is 1.42. The molecule has 0 atom stereocenters. The van der Waals surface area contributed by atoms with Gasteiger partial charge in [-0.25, -0.2) is 4.98 Å². The highest BCUT2D eigenvalue weighted by atomic mass is 16.6. The molecule has 1 aromatic carbocycles. The van der Waals surface area contributed by atoms with Crippen LogP contribution in [0.15, 0.2) is 48.7 Å².